The van der Waals surface area contributed by atoms with Gasteiger partial charge < -0.3 is 4.90 Å². The zero-order valence-electron chi connectivity index (χ0n) is 16.6. The van der Waals surface area contributed by atoms with Crippen LogP contribution >= 0.6 is 12.4 Å². The number of hydrogen-bond donors (Lipinski definition) is 0. The topological polar surface area (TPSA) is 3.24 Å². The molecule has 0 bridgehead atoms. The minimum atomic E-state index is 0. The summed E-state index contributed by atoms with van der Waals surface area (Å²) >= 11 is 0. The summed E-state index contributed by atoms with van der Waals surface area (Å²) in [6, 6.07) is 10.6. The minimum absolute atomic E-state index is 0. The lowest BCUT2D eigenvalue weighted by Crippen LogP contribution is -2.20. The van der Waals surface area contributed by atoms with E-state index in [0.717, 1.165) is 6.42 Å². The first-order chi connectivity index (χ1) is 11.8. The molecule has 0 N–H and O–H groups in total. The van der Waals surface area contributed by atoms with Gasteiger partial charge in [-0.15, -0.1) is 12.4 Å². The first kappa shape index (κ1) is 24.2. The van der Waals surface area contributed by atoms with E-state index in [2.05, 4.69) is 61.4 Å². The number of benzene rings is 1. The van der Waals surface area contributed by atoms with Crippen LogP contribution in [0.5, 0.6) is 0 Å². The molecule has 0 aliphatic carbocycles. The van der Waals surface area contributed by atoms with Crippen molar-refractivity contribution in [1.29, 1.82) is 0 Å². The van der Waals surface area contributed by atoms with Crippen LogP contribution in [0.25, 0.3) is 6.08 Å². The Bertz CT molecular complexity index is 402. The van der Waals surface area contributed by atoms with Crippen molar-refractivity contribution in [3.63, 3.8) is 0 Å². The summed E-state index contributed by atoms with van der Waals surface area (Å²) in [6.45, 7) is 4.70. The first-order valence-electron chi connectivity index (χ1n) is 10.2. The highest BCUT2D eigenvalue weighted by molar-refractivity contribution is 5.85. The molecule has 0 saturated carbocycles. The molecule has 2 heteroatoms. The molecule has 25 heavy (non-hydrogen) atoms. The second kappa shape index (κ2) is 18.0. The van der Waals surface area contributed by atoms with Crippen molar-refractivity contribution in [3.05, 3.63) is 42.0 Å². The van der Waals surface area contributed by atoms with Gasteiger partial charge in [0.1, 0.15) is 0 Å². The van der Waals surface area contributed by atoms with E-state index in [0.29, 0.717) is 0 Å². The fraction of sp³-hybridized carbons (Fsp3) is 0.652. The van der Waals surface area contributed by atoms with Gasteiger partial charge in [-0.05, 0) is 32.0 Å². The normalized spacial score (nSPS) is 11.2. The van der Waals surface area contributed by atoms with Gasteiger partial charge in [0.05, 0.1) is 0 Å². The third-order valence-corrected chi connectivity index (χ3v) is 4.68. The van der Waals surface area contributed by atoms with Gasteiger partial charge >= 0.3 is 0 Å². The smallest absolute Gasteiger partial charge is 0.00130 e. The fourth-order valence-corrected chi connectivity index (χ4v) is 3.06. The number of rotatable bonds is 15. The third kappa shape index (κ3) is 15.2. The van der Waals surface area contributed by atoms with Crippen molar-refractivity contribution in [3.8, 4) is 0 Å². The van der Waals surface area contributed by atoms with Crippen LogP contribution in [0.1, 0.15) is 83.1 Å². The molecule has 0 unspecified atom stereocenters. The maximum absolute atomic E-state index is 2.47. The van der Waals surface area contributed by atoms with Crippen LogP contribution < -0.4 is 0 Å². The molecule has 0 aliphatic heterocycles. The Morgan fingerprint density at radius 1 is 0.760 bits per heavy atom. The van der Waals surface area contributed by atoms with E-state index in [1.165, 1.54) is 82.9 Å². The lowest BCUT2D eigenvalue weighted by atomic mass is 10.1. The van der Waals surface area contributed by atoms with Crippen LogP contribution in [0.2, 0.25) is 0 Å². The molecule has 0 amide bonds. The Morgan fingerprint density at radius 3 is 1.92 bits per heavy atom. The first-order valence-corrected chi connectivity index (χ1v) is 10.2. The van der Waals surface area contributed by atoms with E-state index in [1.54, 1.807) is 0 Å². The lowest BCUT2D eigenvalue weighted by Gasteiger charge is -2.15. The van der Waals surface area contributed by atoms with Crippen LogP contribution in [0.4, 0.5) is 0 Å². The molecular weight excluding hydrogens is 326 g/mol. The number of unbranched alkanes of at least 4 members (excludes halogenated alkanes) is 9. The van der Waals surface area contributed by atoms with Crippen molar-refractivity contribution in [2.24, 2.45) is 0 Å². The Morgan fingerprint density at radius 2 is 1.32 bits per heavy atom. The third-order valence-electron chi connectivity index (χ3n) is 4.68. The molecule has 0 spiro atoms. The van der Waals surface area contributed by atoms with E-state index in [4.69, 9.17) is 0 Å². The highest BCUT2D eigenvalue weighted by Gasteiger charge is 1.97. The summed E-state index contributed by atoms with van der Waals surface area (Å²) in [5, 5.41) is 0. The van der Waals surface area contributed by atoms with Crippen molar-refractivity contribution >= 4 is 18.5 Å². The highest BCUT2D eigenvalue weighted by atomic mass is 35.5. The van der Waals surface area contributed by atoms with E-state index in [-0.39, 0.29) is 12.4 Å². The van der Waals surface area contributed by atoms with Gasteiger partial charge in [0.15, 0.2) is 0 Å². The monoisotopic (exact) mass is 365 g/mol. The molecule has 1 nitrogen and oxygen atoms in total. The molecule has 0 fully saturated rings. The van der Waals surface area contributed by atoms with Crippen LogP contribution in [0, 0.1) is 0 Å². The molecule has 1 rings (SSSR count). The molecule has 0 atom stereocenters. The van der Waals surface area contributed by atoms with Crippen molar-refractivity contribution in [1.82, 2.24) is 4.90 Å². The molecule has 0 saturated heterocycles. The van der Waals surface area contributed by atoms with Gasteiger partial charge in [0.2, 0.25) is 0 Å². The second-order valence-electron chi connectivity index (χ2n) is 7.09. The summed E-state index contributed by atoms with van der Waals surface area (Å²) in [4.78, 5) is 2.47. The van der Waals surface area contributed by atoms with Crippen molar-refractivity contribution in [2.45, 2.75) is 77.6 Å². The fourth-order valence-electron chi connectivity index (χ4n) is 3.06. The van der Waals surface area contributed by atoms with E-state index >= 15 is 0 Å². The highest BCUT2D eigenvalue weighted by Crippen LogP contribution is 2.10. The summed E-state index contributed by atoms with van der Waals surface area (Å²) in [5.41, 5.74) is 1.30. The maximum atomic E-state index is 2.47. The molecule has 1 aromatic carbocycles. The Labute approximate surface area is 163 Å². The summed E-state index contributed by atoms with van der Waals surface area (Å²) in [5.74, 6) is 0. The summed E-state index contributed by atoms with van der Waals surface area (Å²) < 4.78 is 0. The number of hydrogen-bond acceptors (Lipinski definition) is 1. The van der Waals surface area contributed by atoms with Gasteiger partial charge in [-0.2, -0.15) is 0 Å². The molecular formula is C23H40ClN. The van der Waals surface area contributed by atoms with Crippen LogP contribution in [-0.2, 0) is 0 Å². The van der Waals surface area contributed by atoms with Crippen LogP contribution in [-0.4, -0.2) is 25.0 Å². The molecule has 0 aliphatic rings. The van der Waals surface area contributed by atoms with Gasteiger partial charge in [0, 0.05) is 6.54 Å². The molecule has 0 radical (unpaired) electrons. The largest absolute Gasteiger partial charge is 0.306 e. The second-order valence-corrected chi connectivity index (χ2v) is 7.09. The van der Waals surface area contributed by atoms with E-state index in [1.807, 2.05) is 0 Å². The number of nitrogens with zero attached hydrogens (tertiary/aromatic N) is 1. The average molecular weight is 366 g/mol. The van der Waals surface area contributed by atoms with Gasteiger partial charge in [-0.25, -0.2) is 0 Å². The summed E-state index contributed by atoms with van der Waals surface area (Å²) in [6.07, 6.45) is 19.9. The van der Waals surface area contributed by atoms with E-state index < -0.39 is 0 Å². The van der Waals surface area contributed by atoms with E-state index in [9.17, 15) is 0 Å². The Hall–Kier alpha value is -0.790. The Kier molecular flexibility index (Phi) is 17.4. The quantitative estimate of drug-likeness (QED) is 0.293. The van der Waals surface area contributed by atoms with Crippen LogP contribution in [0.15, 0.2) is 36.4 Å². The van der Waals surface area contributed by atoms with Gasteiger partial charge in [-0.1, -0.05) is 107 Å². The van der Waals surface area contributed by atoms with Crippen LogP contribution in [0.3, 0.4) is 0 Å². The summed E-state index contributed by atoms with van der Waals surface area (Å²) in [7, 11) is 2.25. The average Bonchev–Trinajstić information content (AvgIpc) is 2.61. The molecule has 0 heterocycles. The predicted octanol–water partition coefficient (Wildman–Crippen LogP) is 7.36. The molecule has 0 aromatic heterocycles. The zero-order chi connectivity index (χ0) is 17.3. The Balaban J connectivity index is 0.00000576. The zero-order valence-corrected chi connectivity index (χ0v) is 17.4. The SMILES string of the molecule is CCCCCCCCCCCCN(C)CC/C=C/c1ccccc1.Cl. The predicted molar refractivity (Wildman–Crippen MR) is 117 cm³/mol. The van der Waals surface area contributed by atoms with Crippen molar-refractivity contribution in [2.75, 3.05) is 20.1 Å². The maximum Gasteiger partial charge on any atom is 0.00130 e. The van der Waals surface area contributed by atoms with Gasteiger partial charge in [-0.3, -0.25) is 0 Å². The standard InChI is InChI=1S/C23H39N.ClH/c1-3-4-5-6-7-8-9-10-11-16-21-24(2)22-17-15-20-23-18-13-12-14-19-23;/h12-15,18-20H,3-11,16-17,21-22H2,1-2H3;1H/b20-15+;. The van der Waals surface area contributed by atoms with Gasteiger partial charge in [0.25, 0.3) is 0 Å². The number of halogens is 1. The lowest BCUT2D eigenvalue weighted by molar-refractivity contribution is 0.329. The van der Waals surface area contributed by atoms with Crippen molar-refractivity contribution < 1.29 is 0 Å². The molecule has 1 aromatic rings. The molecule has 144 valence electrons. The minimum Gasteiger partial charge on any atom is -0.306 e.